The van der Waals surface area contributed by atoms with E-state index in [0.717, 1.165) is 16.5 Å². The van der Waals surface area contributed by atoms with E-state index < -0.39 is 0 Å². The van der Waals surface area contributed by atoms with Crippen molar-refractivity contribution in [2.75, 3.05) is 11.9 Å². The molecule has 2 N–H and O–H groups in total. The minimum Gasteiger partial charge on any atom is -0.355 e. The zero-order valence-electron chi connectivity index (χ0n) is 14.3. The van der Waals surface area contributed by atoms with Gasteiger partial charge in [0.1, 0.15) is 6.54 Å². The Morgan fingerprint density at radius 3 is 2.88 bits per heavy atom. The summed E-state index contributed by atoms with van der Waals surface area (Å²) in [6, 6.07) is 11.3. The van der Waals surface area contributed by atoms with Gasteiger partial charge in [0.05, 0.1) is 5.52 Å². The second kappa shape index (κ2) is 8.06. The highest BCUT2D eigenvalue weighted by atomic mass is 16.2. The third-order valence-electron chi connectivity index (χ3n) is 3.65. The maximum absolute atomic E-state index is 12.1. The number of carbonyl (C=O) groups is 2. The van der Waals surface area contributed by atoms with Crippen molar-refractivity contribution in [1.82, 2.24) is 20.1 Å². The predicted molar refractivity (Wildman–Crippen MR) is 100 cm³/mol. The Bertz CT molecular complexity index is 956. The molecule has 7 heteroatoms. The van der Waals surface area contributed by atoms with Crippen LogP contribution in [0.2, 0.25) is 0 Å². The predicted octanol–water partition coefficient (Wildman–Crippen LogP) is 2.22. The van der Waals surface area contributed by atoms with Crippen LogP contribution in [0.5, 0.6) is 0 Å². The number of amides is 2. The molecule has 0 unspecified atom stereocenters. The van der Waals surface area contributed by atoms with Gasteiger partial charge in [-0.2, -0.15) is 5.10 Å². The molecule has 3 rings (SSSR count). The van der Waals surface area contributed by atoms with Crippen LogP contribution >= 0.6 is 0 Å². The molecule has 1 aromatic carbocycles. The van der Waals surface area contributed by atoms with Crippen molar-refractivity contribution >= 4 is 34.6 Å². The van der Waals surface area contributed by atoms with Gasteiger partial charge < -0.3 is 10.6 Å². The summed E-state index contributed by atoms with van der Waals surface area (Å²) >= 11 is 0. The van der Waals surface area contributed by atoms with E-state index in [1.807, 2.05) is 37.3 Å². The number of anilines is 1. The van der Waals surface area contributed by atoms with Crippen LogP contribution in [0.15, 0.2) is 54.9 Å². The second-order valence-corrected chi connectivity index (χ2v) is 5.60. The standard InChI is InChI=1S/C19H19N5O2/c1-2-20-18(26)13-24-12-10-16(23-24)22-17(25)9-8-15-6-3-5-14-7-4-11-21-19(14)15/h3-12H,2,13H2,1H3,(H,20,26)(H,22,23,25)/b9-8-. The summed E-state index contributed by atoms with van der Waals surface area (Å²) in [6.45, 7) is 2.53. The Balaban J connectivity index is 1.64. The van der Waals surface area contributed by atoms with E-state index >= 15 is 0 Å². The smallest absolute Gasteiger partial charge is 0.249 e. The van der Waals surface area contributed by atoms with Crippen LogP contribution in [0.4, 0.5) is 5.82 Å². The first-order valence-corrected chi connectivity index (χ1v) is 8.28. The van der Waals surface area contributed by atoms with Crippen molar-refractivity contribution in [2.45, 2.75) is 13.5 Å². The van der Waals surface area contributed by atoms with Crippen LogP contribution < -0.4 is 10.6 Å². The highest BCUT2D eigenvalue weighted by Gasteiger charge is 2.06. The van der Waals surface area contributed by atoms with Crippen LogP contribution in [0, 0.1) is 0 Å². The van der Waals surface area contributed by atoms with Gasteiger partial charge in [-0.3, -0.25) is 19.3 Å². The van der Waals surface area contributed by atoms with Gasteiger partial charge in [0.15, 0.2) is 5.82 Å². The number of likely N-dealkylation sites (N-methyl/N-ethyl adjacent to an activating group) is 1. The number of para-hydroxylation sites is 1. The summed E-state index contributed by atoms with van der Waals surface area (Å²) in [5.74, 6) is -0.0435. The zero-order chi connectivity index (χ0) is 18.4. The van der Waals surface area contributed by atoms with Crippen molar-refractivity contribution in [3.05, 3.63) is 60.4 Å². The Morgan fingerprint density at radius 1 is 1.19 bits per heavy atom. The molecule has 3 aromatic rings. The summed E-state index contributed by atoms with van der Waals surface area (Å²) < 4.78 is 1.47. The molecule has 2 amide bonds. The van der Waals surface area contributed by atoms with Crippen LogP contribution in [-0.4, -0.2) is 33.1 Å². The van der Waals surface area contributed by atoms with E-state index in [2.05, 4.69) is 20.7 Å². The number of hydrogen-bond acceptors (Lipinski definition) is 4. The fourth-order valence-electron chi connectivity index (χ4n) is 2.51. The van der Waals surface area contributed by atoms with Gasteiger partial charge in [0.25, 0.3) is 0 Å². The normalized spacial score (nSPS) is 11.0. The van der Waals surface area contributed by atoms with E-state index in [1.165, 1.54) is 10.8 Å². The van der Waals surface area contributed by atoms with Crippen molar-refractivity contribution in [3.63, 3.8) is 0 Å². The monoisotopic (exact) mass is 349 g/mol. The number of carbonyl (C=O) groups excluding carboxylic acids is 2. The van der Waals surface area contributed by atoms with Gasteiger partial charge in [0.2, 0.25) is 11.8 Å². The van der Waals surface area contributed by atoms with Gasteiger partial charge in [0, 0.05) is 42.0 Å². The topological polar surface area (TPSA) is 88.9 Å². The van der Waals surface area contributed by atoms with Gasteiger partial charge in [-0.15, -0.1) is 0 Å². The SMILES string of the molecule is CCNC(=O)Cn1ccc(NC(=O)/C=C\c2cccc3cccnc23)n1. The molecule has 2 aromatic heterocycles. The maximum atomic E-state index is 12.1. The van der Waals surface area contributed by atoms with Gasteiger partial charge >= 0.3 is 0 Å². The summed E-state index contributed by atoms with van der Waals surface area (Å²) in [6.07, 6.45) is 6.52. The molecular weight excluding hydrogens is 330 g/mol. The number of nitrogens with zero attached hydrogens (tertiary/aromatic N) is 3. The summed E-state index contributed by atoms with van der Waals surface area (Å²) in [4.78, 5) is 28.0. The minimum atomic E-state index is -0.304. The number of nitrogens with one attached hydrogen (secondary N) is 2. The fourth-order valence-corrected chi connectivity index (χ4v) is 2.51. The molecule has 2 heterocycles. The Kier molecular flexibility index (Phi) is 5.38. The number of fused-ring (bicyclic) bond motifs is 1. The van der Waals surface area contributed by atoms with Gasteiger partial charge in [-0.1, -0.05) is 24.3 Å². The van der Waals surface area contributed by atoms with Crippen molar-refractivity contribution in [3.8, 4) is 0 Å². The molecule has 0 aliphatic heterocycles. The number of pyridine rings is 1. The van der Waals surface area contributed by atoms with Crippen molar-refractivity contribution in [1.29, 1.82) is 0 Å². The van der Waals surface area contributed by atoms with E-state index in [0.29, 0.717) is 12.4 Å². The summed E-state index contributed by atoms with van der Waals surface area (Å²) in [5.41, 5.74) is 1.70. The number of hydrogen-bond donors (Lipinski definition) is 2. The molecule has 0 spiro atoms. The molecule has 0 bridgehead atoms. The van der Waals surface area contributed by atoms with Gasteiger partial charge in [-0.05, 0) is 19.1 Å². The molecule has 26 heavy (non-hydrogen) atoms. The third kappa shape index (κ3) is 4.32. The Morgan fingerprint density at radius 2 is 2.04 bits per heavy atom. The van der Waals surface area contributed by atoms with E-state index in [4.69, 9.17) is 0 Å². The first-order chi connectivity index (χ1) is 12.7. The number of rotatable bonds is 6. The zero-order valence-corrected chi connectivity index (χ0v) is 14.3. The lowest BCUT2D eigenvalue weighted by atomic mass is 10.1. The molecule has 7 nitrogen and oxygen atoms in total. The van der Waals surface area contributed by atoms with Crippen LogP contribution in [0.1, 0.15) is 12.5 Å². The largest absolute Gasteiger partial charge is 0.355 e. The molecule has 0 fully saturated rings. The molecule has 0 aliphatic carbocycles. The maximum Gasteiger partial charge on any atom is 0.249 e. The van der Waals surface area contributed by atoms with E-state index in [9.17, 15) is 9.59 Å². The van der Waals surface area contributed by atoms with Crippen LogP contribution in [0.3, 0.4) is 0 Å². The van der Waals surface area contributed by atoms with Crippen LogP contribution in [-0.2, 0) is 16.1 Å². The number of benzene rings is 1. The van der Waals surface area contributed by atoms with Crippen molar-refractivity contribution in [2.24, 2.45) is 0 Å². The molecule has 0 radical (unpaired) electrons. The highest BCUT2D eigenvalue weighted by Crippen LogP contribution is 2.17. The highest BCUT2D eigenvalue weighted by molar-refractivity contribution is 6.02. The van der Waals surface area contributed by atoms with Crippen LogP contribution in [0.25, 0.3) is 17.0 Å². The molecule has 0 atom stereocenters. The Labute approximate surface area is 150 Å². The van der Waals surface area contributed by atoms with E-state index in [1.54, 1.807) is 24.5 Å². The lowest BCUT2D eigenvalue weighted by molar-refractivity contribution is -0.121. The first-order valence-electron chi connectivity index (χ1n) is 8.28. The summed E-state index contributed by atoms with van der Waals surface area (Å²) in [5, 5.41) is 10.5. The summed E-state index contributed by atoms with van der Waals surface area (Å²) in [7, 11) is 0. The molecule has 0 saturated carbocycles. The van der Waals surface area contributed by atoms with Crippen molar-refractivity contribution < 1.29 is 9.59 Å². The van der Waals surface area contributed by atoms with E-state index in [-0.39, 0.29) is 18.4 Å². The first kappa shape index (κ1) is 17.3. The quantitative estimate of drug-likeness (QED) is 0.668. The lowest BCUT2D eigenvalue weighted by Crippen LogP contribution is -2.27. The number of aromatic nitrogens is 3. The molecule has 0 saturated heterocycles. The average Bonchev–Trinajstić information content (AvgIpc) is 3.06. The minimum absolute atomic E-state index is 0.112. The Hall–Kier alpha value is -3.48. The fraction of sp³-hybridized carbons (Fsp3) is 0.158. The molecule has 132 valence electrons. The third-order valence-corrected chi connectivity index (χ3v) is 3.65. The molecular formula is C19H19N5O2. The molecule has 0 aliphatic rings. The average molecular weight is 349 g/mol. The van der Waals surface area contributed by atoms with Gasteiger partial charge in [-0.25, -0.2) is 0 Å². The second-order valence-electron chi connectivity index (χ2n) is 5.60. The lowest BCUT2D eigenvalue weighted by Gasteiger charge is -2.02.